The maximum absolute atomic E-state index is 13.1. The van der Waals surface area contributed by atoms with E-state index in [1.54, 1.807) is 54.3 Å². The molecule has 23 heavy (non-hydrogen) atoms. The summed E-state index contributed by atoms with van der Waals surface area (Å²) >= 11 is 3.92. The Balaban J connectivity index is 0.00000127. The topological polar surface area (TPSA) is 9.23 Å². The van der Waals surface area contributed by atoms with Crippen LogP contribution >= 0.6 is 41.9 Å². The standard InChI is InChI=1S/C13H13F3OPS3.C2H6/c1-3-10(19-2)18(17-13(14,15)16,11-6-4-8-20-11)12-7-5-9-21-12;1-2/h3-9H,1-2H3;1-2H3/q+1;/b10-3-;. The van der Waals surface area contributed by atoms with E-state index in [-0.39, 0.29) is 0 Å². The van der Waals surface area contributed by atoms with Crippen molar-refractivity contribution in [3.8, 4) is 0 Å². The van der Waals surface area contributed by atoms with Crippen molar-refractivity contribution in [2.45, 2.75) is 27.1 Å². The van der Waals surface area contributed by atoms with E-state index < -0.39 is 13.9 Å². The molecule has 2 aromatic rings. The minimum Gasteiger partial charge on any atom is -0.141 e. The molecule has 8 heteroatoms. The Morgan fingerprint density at radius 3 is 1.87 bits per heavy atom. The quantitative estimate of drug-likeness (QED) is 0.532. The first-order valence-electron chi connectivity index (χ1n) is 6.89. The predicted molar refractivity (Wildman–Crippen MR) is 101 cm³/mol. The molecule has 0 atom stereocenters. The zero-order valence-corrected chi connectivity index (χ0v) is 16.6. The maximum Gasteiger partial charge on any atom is 0.557 e. The van der Waals surface area contributed by atoms with E-state index in [1.165, 1.54) is 34.4 Å². The number of alkyl halides is 3. The summed E-state index contributed by atoms with van der Waals surface area (Å²) in [5.41, 5.74) is 0. The number of rotatable bonds is 5. The van der Waals surface area contributed by atoms with Crippen LogP contribution in [0, 0.1) is 0 Å². The summed E-state index contributed by atoms with van der Waals surface area (Å²) in [5.74, 6) is 0. The molecule has 0 aliphatic rings. The summed E-state index contributed by atoms with van der Waals surface area (Å²) in [6.07, 6.45) is -1.18. The van der Waals surface area contributed by atoms with Gasteiger partial charge in [-0.2, -0.15) is 0 Å². The van der Waals surface area contributed by atoms with Crippen molar-refractivity contribution in [1.29, 1.82) is 0 Å². The largest absolute Gasteiger partial charge is 0.557 e. The van der Waals surface area contributed by atoms with Crippen molar-refractivity contribution in [2.75, 3.05) is 6.26 Å². The molecule has 0 N–H and O–H groups in total. The van der Waals surface area contributed by atoms with Gasteiger partial charge in [-0.25, -0.2) is 0 Å². The number of thiophene rings is 2. The molecule has 128 valence electrons. The molecule has 2 aromatic heterocycles. The molecule has 0 saturated carbocycles. The van der Waals surface area contributed by atoms with Gasteiger partial charge >= 0.3 is 6.36 Å². The van der Waals surface area contributed by atoms with Gasteiger partial charge in [-0.1, -0.05) is 25.6 Å². The van der Waals surface area contributed by atoms with Gasteiger partial charge in [0.2, 0.25) is 0 Å². The van der Waals surface area contributed by atoms with Crippen LogP contribution in [-0.4, -0.2) is 12.6 Å². The first-order valence-corrected chi connectivity index (χ1v) is 11.6. The lowest BCUT2D eigenvalue weighted by Crippen LogP contribution is -2.27. The van der Waals surface area contributed by atoms with Crippen molar-refractivity contribution < 1.29 is 17.7 Å². The molecule has 0 fully saturated rings. The van der Waals surface area contributed by atoms with Crippen molar-refractivity contribution in [3.63, 3.8) is 0 Å². The molecule has 1 nitrogen and oxygen atoms in total. The van der Waals surface area contributed by atoms with Crippen molar-refractivity contribution in [3.05, 3.63) is 45.7 Å². The molecular weight excluding hydrogens is 380 g/mol. The fraction of sp³-hybridized carbons (Fsp3) is 0.333. The monoisotopic (exact) mass is 399 g/mol. The van der Waals surface area contributed by atoms with E-state index in [2.05, 4.69) is 0 Å². The van der Waals surface area contributed by atoms with Gasteiger partial charge in [0.15, 0.2) is 13.9 Å². The minimum atomic E-state index is -4.69. The smallest absolute Gasteiger partial charge is 0.141 e. The van der Waals surface area contributed by atoms with Gasteiger partial charge in [0.25, 0.3) is 7.49 Å². The molecule has 0 amide bonds. The number of hydrogen-bond acceptors (Lipinski definition) is 4. The number of allylic oxidation sites excluding steroid dienone is 1. The van der Waals surface area contributed by atoms with Crippen LogP contribution < -0.4 is 9.24 Å². The van der Waals surface area contributed by atoms with Crippen LogP contribution in [0.4, 0.5) is 13.2 Å². The molecule has 0 aromatic carbocycles. The van der Waals surface area contributed by atoms with Crippen molar-refractivity contribution in [1.82, 2.24) is 0 Å². The highest BCUT2D eigenvalue weighted by Crippen LogP contribution is 2.71. The van der Waals surface area contributed by atoms with Crippen molar-refractivity contribution in [2.24, 2.45) is 0 Å². The Kier molecular flexibility index (Phi) is 8.31. The SMILES string of the molecule is C/C=C(\SC)[P+](OC(F)(F)F)(c1cccs1)c1cccs1.CC. The Labute approximate surface area is 148 Å². The first kappa shape index (κ1) is 20.7. The van der Waals surface area contributed by atoms with Gasteiger partial charge in [-0.05, 0) is 54.3 Å². The molecule has 0 unspecified atom stereocenters. The first-order chi connectivity index (χ1) is 10.9. The molecular formula is C15H19F3OPS3+. The van der Waals surface area contributed by atoms with Crippen LogP contribution in [0.15, 0.2) is 45.7 Å². The van der Waals surface area contributed by atoms with Gasteiger partial charge in [0, 0.05) is 0 Å². The number of halogens is 3. The minimum absolute atomic E-state index is 0.629. The summed E-state index contributed by atoms with van der Waals surface area (Å²) in [5, 5.41) is 3.57. The van der Waals surface area contributed by atoms with Crippen LogP contribution in [0.25, 0.3) is 0 Å². The van der Waals surface area contributed by atoms with Gasteiger partial charge in [0.05, 0.1) is 0 Å². The molecule has 0 bridgehead atoms. The average Bonchev–Trinajstić information content (AvgIpc) is 3.22. The fourth-order valence-electron chi connectivity index (χ4n) is 1.94. The van der Waals surface area contributed by atoms with E-state index >= 15 is 0 Å². The van der Waals surface area contributed by atoms with E-state index in [1.807, 2.05) is 13.8 Å². The number of thioether (sulfide) groups is 1. The lowest BCUT2D eigenvalue weighted by Gasteiger charge is -2.24. The average molecular weight is 399 g/mol. The molecule has 0 radical (unpaired) electrons. The van der Waals surface area contributed by atoms with Gasteiger partial charge < -0.3 is 0 Å². The maximum atomic E-state index is 13.1. The highest BCUT2D eigenvalue weighted by molar-refractivity contribution is 8.16. The second kappa shape index (κ2) is 9.23. The molecule has 0 aliphatic heterocycles. The second-order valence-electron chi connectivity index (χ2n) is 3.88. The zero-order chi connectivity index (χ0) is 17.5. The molecule has 0 saturated heterocycles. The summed E-state index contributed by atoms with van der Waals surface area (Å²) in [6, 6.07) is 6.97. The normalized spacial score (nSPS) is 12.7. The Morgan fingerprint density at radius 2 is 1.61 bits per heavy atom. The molecule has 2 rings (SSSR count). The van der Waals surface area contributed by atoms with E-state index in [0.29, 0.717) is 13.9 Å². The lowest BCUT2D eigenvalue weighted by atomic mass is 10.7. The lowest BCUT2D eigenvalue weighted by molar-refractivity contribution is -0.271. The third kappa shape index (κ3) is 4.83. The van der Waals surface area contributed by atoms with Crippen LogP contribution in [0.3, 0.4) is 0 Å². The van der Waals surface area contributed by atoms with Crippen molar-refractivity contribution >= 4 is 51.2 Å². The zero-order valence-electron chi connectivity index (χ0n) is 13.3. The summed E-state index contributed by atoms with van der Waals surface area (Å²) in [6.45, 7) is 5.75. The molecule has 0 aliphatic carbocycles. The second-order valence-corrected chi connectivity index (χ2v) is 10.4. The van der Waals surface area contributed by atoms with Gasteiger partial charge in [-0.3, -0.25) is 0 Å². The Hall–Kier alpha value is -0.330. The summed E-state index contributed by atoms with van der Waals surface area (Å²) in [7, 11) is -3.10. The van der Waals surface area contributed by atoms with Gasteiger partial charge in [0.1, 0.15) is 0 Å². The van der Waals surface area contributed by atoms with Crippen LogP contribution in [0.1, 0.15) is 20.8 Å². The number of hydrogen-bond donors (Lipinski definition) is 0. The molecule has 2 heterocycles. The Bertz CT molecular complexity index is 558. The van der Waals surface area contributed by atoms with Crippen LogP contribution in [-0.2, 0) is 4.52 Å². The third-order valence-electron chi connectivity index (χ3n) is 2.64. The van der Waals surface area contributed by atoms with Crippen LogP contribution in [0.5, 0.6) is 0 Å². The van der Waals surface area contributed by atoms with E-state index in [9.17, 15) is 13.2 Å². The van der Waals surface area contributed by atoms with E-state index in [4.69, 9.17) is 4.52 Å². The fourth-order valence-corrected chi connectivity index (χ4v) is 10.5. The highest BCUT2D eigenvalue weighted by atomic mass is 32.2. The third-order valence-corrected chi connectivity index (χ3v) is 11.0. The van der Waals surface area contributed by atoms with E-state index in [0.717, 1.165) is 0 Å². The van der Waals surface area contributed by atoms with Gasteiger partial charge in [-0.15, -0.1) is 40.4 Å². The Morgan fingerprint density at radius 1 is 1.13 bits per heavy atom. The predicted octanol–water partition coefficient (Wildman–Crippen LogP) is 6.48. The highest BCUT2D eigenvalue weighted by Gasteiger charge is 2.59. The summed E-state index contributed by atoms with van der Waals surface area (Å²) in [4.78, 5) is 0. The molecule has 0 spiro atoms. The summed E-state index contributed by atoms with van der Waals surface area (Å²) < 4.78 is 46.1. The van der Waals surface area contributed by atoms with Crippen LogP contribution in [0.2, 0.25) is 0 Å².